The molecule has 0 bridgehead atoms. The molecule has 0 spiro atoms. The Morgan fingerprint density at radius 1 is 0.722 bits per heavy atom. The van der Waals surface area contributed by atoms with Crippen molar-refractivity contribution in [1.82, 2.24) is 4.90 Å². The normalized spacial score (nSPS) is 11.2. The summed E-state index contributed by atoms with van der Waals surface area (Å²) in [6, 6.07) is 19.6. The second-order valence-corrected chi connectivity index (χ2v) is 3.83. The van der Waals surface area contributed by atoms with E-state index < -0.39 is 0 Å². The van der Waals surface area contributed by atoms with E-state index >= 15 is 0 Å². The predicted molar refractivity (Wildman–Crippen MR) is 77.0 cm³/mol. The van der Waals surface area contributed by atoms with Gasteiger partial charge < -0.3 is 4.90 Å². The van der Waals surface area contributed by atoms with Crippen LogP contribution in [0.2, 0.25) is 0 Å². The van der Waals surface area contributed by atoms with Crippen molar-refractivity contribution < 1.29 is 0 Å². The molecule has 0 amide bonds. The van der Waals surface area contributed by atoms with Crippen molar-refractivity contribution in [1.29, 1.82) is 0 Å². The Morgan fingerprint density at radius 2 is 1.11 bits per heavy atom. The van der Waals surface area contributed by atoms with Gasteiger partial charge in [-0.25, -0.2) is 9.98 Å². The minimum absolute atomic E-state index is 0.928. The van der Waals surface area contributed by atoms with E-state index in [1.165, 1.54) is 0 Å². The fourth-order valence-corrected chi connectivity index (χ4v) is 1.37. The van der Waals surface area contributed by atoms with Gasteiger partial charge >= 0.3 is 0 Å². The molecular formula is C15H15N3. The minimum Gasteiger partial charge on any atom is -0.326 e. The maximum Gasteiger partial charge on any atom is 0.0961 e. The van der Waals surface area contributed by atoms with Gasteiger partial charge in [0.1, 0.15) is 0 Å². The molecule has 0 atom stereocenters. The summed E-state index contributed by atoms with van der Waals surface area (Å²) < 4.78 is 0. The number of para-hydroxylation sites is 2. The molecule has 0 aliphatic carbocycles. The summed E-state index contributed by atoms with van der Waals surface area (Å²) in [6.07, 6.45) is 3.48. The number of hydrogen-bond donors (Lipinski definition) is 0. The molecule has 0 heterocycles. The summed E-state index contributed by atoms with van der Waals surface area (Å²) in [4.78, 5) is 10.5. The third-order valence-electron chi connectivity index (χ3n) is 2.29. The molecule has 0 N–H and O–H groups in total. The number of benzene rings is 2. The fraction of sp³-hybridized carbons (Fsp3) is 0.0667. The standard InChI is InChI=1S/C15H15N3/c1-18(12-16-14-8-4-2-5-9-14)13-17-15-10-6-3-7-11-15/h2-13H,1H3/b16-12+,17-13+. The van der Waals surface area contributed by atoms with Gasteiger partial charge in [0.05, 0.1) is 24.1 Å². The molecule has 0 aliphatic rings. The number of hydrogen-bond acceptors (Lipinski definition) is 2. The Kier molecular flexibility index (Phi) is 4.25. The first kappa shape index (κ1) is 12.0. The first-order valence-electron chi connectivity index (χ1n) is 5.75. The Morgan fingerprint density at radius 3 is 1.50 bits per heavy atom. The zero-order chi connectivity index (χ0) is 12.6. The average molecular weight is 237 g/mol. The molecule has 3 heteroatoms. The highest BCUT2D eigenvalue weighted by Gasteiger charge is 1.88. The van der Waals surface area contributed by atoms with Crippen molar-refractivity contribution >= 4 is 24.1 Å². The summed E-state index contributed by atoms with van der Waals surface area (Å²) >= 11 is 0. The molecule has 0 fully saturated rings. The van der Waals surface area contributed by atoms with Crippen LogP contribution in [0.4, 0.5) is 11.4 Å². The minimum atomic E-state index is 0.928. The van der Waals surface area contributed by atoms with Crippen LogP contribution in [0.5, 0.6) is 0 Å². The molecule has 3 nitrogen and oxygen atoms in total. The molecule has 2 aromatic rings. The molecule has 2 aromatic carbocycles. The highest BCUT2D eigenvalue weighted by atomic mass is 15.1. The van der Waals surface area contributed by atoms with Gasteiger partial charge in [-0.3, -0.25) is 0 Å². The SMILES string of the molecule is CN(/C=N/c1ccccc1)/C=N/c1ccccc1. The summed E-state index contributed by atoms with van der Waals surface area (Å²) in [5.74, 6) is 0. The van der Waals surface area contributed by atoms with Gasteiger partial charge in [0.2, 0.25) is 0 Å². The average Bonchev–Trinajstić information content (AvgIpc) is 2.45. The smallest absolute Gasteiger partial charge is 0.0961 e. The summed E-state index contributed by atoms with van der Waals surface area (Å²) in [6.45, 7) is 0. The molecule has 0 unspecified atom stereocenters. The maximum atomic E-state index is 4.33. The van der Waals surface area contributed by atoms with E-state index in [0.717, 1.165) is 11.4 Å². The van der Waals surface area contributed by atoms with Crippen LogP contribution in [0, 0.1) is 0 Å². The lowest BCUT2D eigenvalue weighted by Gasteiger charge is -2.04. The number of aliphatic imine (C=N–C) groups is 2. The van der Waals surface area contributed by atoms with Crippen molar-refractivity contribution in [3.05, 3.63) is 60.7 Å². The first-order valence-corrected chi connectivity index (χ1v) is 5.75. The van der Waals surface area contributed by atoms with Gasteiger partial charge in [-0.05, 0) is 24.3 Å². The van der Waals surface area contributed by atoms with E-state index in [0.29, 0.717) is 0 Å². The second kappa shape index (κ2) is 6.35. The fourth-order valence-electron chi connectivity index (χ4n) is 1.37. The molecule has 0 aliphatic heterocycles. The third kappa shape index (κ3) is 3.87. The predicted octanol–water partition coefficient (Wildman–Crippen LogP) is 3.64. The highest BCUT2D eigenvalue weighted by Crippen LogP contribution is 2.09. The van der Waals surface area contributed by atoms with Crippen molar-refractivity contribution in [2.45, 2.75) is 0 Å². The summed E-state index contributed by atoms with van der Waals surface area (Å²) in [5.41, 5.74) is 1.86. The molecule has 18 heavy (non-hydrogen) atoms. The Balaban J connectivity index is 1.95. The highest BCUT2D eigenvalue weighted by molar-refractivity contribution is 5.78. The molecule has 90 valence electrons. The van der Waals surface area contributed by atoms with Crippen molar-refractivity contribution in [2.75, 3.05) is 7.05 Å². The van der Waals surface area contributed by atoms with Gasteiger partial charge in [0, 0.05) is 7.05 Å². The van der Waals surface area contributed by atoms with E-state index in [1.807, 2.05) is 72.6 Å². The number of nitrogens with zero attached hydrogens (tertiary/aromatic N) is 3. The first-order chi connectivity index (χ1) is 8.84. The largest absolute Gasteiger partial charge is 0.326 e. The molecule has 0 saturated heterocycles. The van der Waals surface area contributed by atoms with Crippen LogP contribution in [0.3, 0.4) is 0 Å². The van der Waals surface area contributed by atoms with Crippen molar-refractivity contribution in [3.63, 3.8) is 0 Å². The zero-order valence-corrected chi connectivity index (χ0v) is 10.3. The summed E-state index contributed by atoms with van der Waals surface area (Å²) in [7, 11) is 1.90. The van der Waals surface area contributed by atoms with Crippen molar-refractivity contribution in [3.8, 4) is 0 Å². The van der Waals surface area contributed by atoms with E-state index in [4.69, 9.17) is 0 Å². The van der Waals surface area contributed by atoms with E-state index in [1.54, 1.807) is 12.7 Å². The van der Waals surface area contributed by atoms with E-state index in [9.17, 15) is 0 Å². The molecule has 2 rings (SSSR count). The monoisotopic (exact) mass is 237 g/mol. The quantitative estimate of drug-likeness (QED) is 0.589. The molecule has 0 saturated carbocycles. The van der Waals surface area contributed by atoms with E-state index in [2.05, 4.69) is 9.98 Å². The van der Waals surface area contributed by atoms with Gasteiger partial charge in [0.25, 0.3) is 0 Å². The Hall–Kier alpha value is -2.42. The van der Waals surface area contributed by atoms with Crippen LogP contribution in [0.25, 0.3) is 0 Å². The molecular weight excluding hydrogens is 222 g/mol. The lowest BCUT2D eigenvalue weighted by Crippen LogP contribution is -2.12. The third-order valence-corrected chi connectivity index (χ3v) is 2.29. The van der Waals surface area contributed by atoms with Gasteiger partial charge in [-0.1, -0.05) is 36.4 Å². The summed E-state index contributed by atoms with van der Waals surface area (Å²) in [5, 5.41) is 0. The van der Waals surface area contributed by atoms with Gasteiger partial charge in [-0.2, -0.15) is 0 Å². The second-order valence-electron chi connectivity index (χ2n) is 3.83. The Labute approximate surface area is 107 Å². The molecule has 0 radical (unpaired) electrons. The number of rotatable bonds is 4. The van der Waals surface area contributed by atoms with Crippen LogP contribution in [0.15, 0.2) is 70.6 Å². The van der Waals surface area contributed by atoms with E-state index in [-0.39, 0.29) is 0 Å². The lowest BCUT2D eigenvalue weighted by atomic mass is 10.3. The van der Waals surface area contributed by atoms with Crippen LogP contribution < -0.4 is 0 Å². The van der Waals surface area contributed by atoms with Crippen LogP contribution >= 0.6 is 0 Å². The van der Waals surface area contributed by atoms with Gasteiger partial charge in [0.15, 0.2) is 0 Å². The topological polar surface area (TPSA) is 28.0 Å². The van der Waals surface area contributed by atoms with Crippen molar-refractivity contribution in [2.24, 2.45) is 9.98 Å². The maximum absolute atomic E-state index is 4.33. The van der Waals surface area contributed by atoms with Crippen LogP contribution in [0.1, 0.15) is 0 Å². The zero-order valence-electron chi connectivity index (χ0n) is 10.3. The van der Waals surface area contributed by atoms with Crippen LogP contribution in [-0.2, 0) is 0 Å². The van der Waals surface area contributed by atoms with Gasteiger partial charge in [-0.15, -0.1) is 0 Å². The molecule has 0 aromatic heterocycles. The lowest BCUT2D eigenvalue weighted by molar-refractivity contribution is 0.802. The van der Waals surface area contributed by atoms with Crippen LogP contribution in [-0.4, -0.2) is 24.6 Å². The Bertz CT molecular complexity index is 468.